The second-order valence-electron chi connectivity index (χ2n) is 7.33. The lowest BCUT2D eigenvalue weighted by Crippen LogP contribution is -2.43. The molecule has 2 N–H and O–H groups in total. The van der Waals surface area contributed by atoms with Crippen molar-refractivity contribution < 1.29 is 23.9 Å². The number of nitrogens with zero attached hydrogens (tertiary/aromatic N) is 1. The van der Waals surface area contributed by atoms with Gasteiger partial charge in [-0.25, -0.2) is 0 Å². The normalized spacial score (nSPS) is 15.5. The molecule has 9 heteroatoms. The molecule has 3 amide bonds. The molecule has 3 rings (SSSR count). The maximum atomic E-state index is 12.3. The molecule has 1 heterocycles. The molecule has 0 aliphatic carbocycles. The first-order valence-electron chi connectivity index (χ1n) is 9.63. The predicted molar refractivity (Wildman–Crippen MR) is 114 cm³/mol. The van der Waals surface area contributed by atoms with Crippen LogP contribution in [0.25, 0.3) is 0 Å². The molecule has 31 heavy (non-hydrogen) atoms. The second-order valence-corrected chi connectivity index (χ2v) is 7.77. The van der Waals surface area contributed by atoms with Crippen LogP contribution >= 0.6 is 11.6 Å². The first-order chi connectivity index (χ1) is 14.7. The van der Waals surface area contributed by atoms with Crippen molar-refractivity contribution in [3.8, 4) is 0 Å². The highest BCUT2D eigenvalue weighted by atomic mass is 35.5. The zero-order valence-electron chi connectivity index (χ0n) is 17.1. The summed E-state index contributed by atoms with van der Waals surface area (Å²) >= 11 is 5.92. The Morgan fingerprint density at radius 1 is 1.16 bits per heavy atom. The van der Waals surface area contributed by atoms with E-state index < -0.39 is 36.2 Å². The molecule has 1 fully saturated rings. The van der Waals surface area contributed by atoms with Gasteiger partial charge in [-0.2, -0.15) is 0 Å². The number of aryl methyl sites for hydroxylation is 2. The number of amides is 3. The smallest absolute Gasteiger partial charge is 0.311 e. The maximum Gasteiger partial charge on any atom is 0.311 e. The molecule has 0 bridgehead atoms. The summed E-state index contributed by atoms with van der Waals surface area (Å²) < 4.78 is 5.06. The lowest BCUT2D eigenvalue weighted by molar-refractivity contribution is -0.151. The van der Waals surface area contributed by atoms with Gasteiger partial charge in [-0.15, -0.1) is 0 Å². The molecule has 2 aromatic carbocycles. The molecule has 8 nitrogen and oxygen atoms in total. The zero-order valence-corrected chi connectivity index (χ0v) is 17.9. The Kier molecular flexibility index (Phi) is 6.91. The van der Waals surface area contributed by atoms with Gasteiger partial charge in [0.2, 0.25) is 5.91 Å². The van der Waals surface area contributed by atoms with E-state index in [9.17, 15) is 19.2 Å². The summed E-state index contributed by atoms with van der Waals surface area (Å²) in [5.41, 5.74) is 5.16. The summed E-state index contributed by atoms with van der Waals surface area (Å²) in [6, 6.07) is 12.0. The molecular formula is C22H22ClN3O5. The summed E-state index contributed by atoms with van der Waals surface area (Å²) in [5, 5.41) is 4.20. The van der Waals surface area contributed by atoms with Crippen LogP contribution in [-0.4, -0.2) is 41.9 Å². The van der Waals surface area contributed by atoms with E-state index in [1.54, 1.807) is 36.4 Å². The van der Waals surface area contributed by atoms with Crippen LogP contribution in [0.4, 0.5) is 5.69 Å². The number of carbonyl (C=O) groups excluding carboxylic acids is 4. The lowest BCUT2D eigenvalue weighted by atomic mass is 10.1. The third-order valence-electron chi connectivity index (χ3n) is 4.79. The van der Waals surface area contributed by atoms with Crippen molar-refractivity contribution in [3.05, 3.63) is 64.2 Å². The van der Waals surface area contributed by atoms with Crippen LogP contribution < -0.4 is 10.7 Å². The van der Waals surface area contributed by atoms with Crippen molar-refractivity contribution in [2.45, 2.75) is 20.3 Å². The fourth-order valence-corrected chi connectivity index (χ4v) is 3.29. The van der Waals surface area contributed by atoms with E-state index in [1.165, 1.54) is 0 Å². The average molecular weight is 444 g/mol. The summed E-state index contributed by atoms with van der Waals surface area (Å²) in [7, 11) is 0. The lowest BCUT2D eigenvalue weighted by Gasteiger charge is -2.17. The minimum Gasteiger partial charge on any atom is -0.455 e. The van der Waals surface area contributed by atoms with Crippen molar-refractivity contribution in [2.75, 3.05) is 18.5 Å². The number of anilines is 1. The molecule has 1 aliphatic heterocycles. The Hall–Kier alpha value is -3.39. The summed E-state index contributed by atoms with van der Waals surface area (Å²) in [5.74, 6) is -2.82. The molecule has 162 valence electrons. The van der Waals surface area contributed by atoms with E-state index >= 15 is 0 Å². The highest BCUT2D eigenvalue weighted by Gasteiger charge is 2.36. The van der Waals surface area contributed by atoms with Crippen LogP contribution in [0.1, 0.15) is 27.9 Å². The van der Waals surface area contributed by atoms with Gasteiger partial charge in [0.25, 0.3) is 11.8 Å². The topological polar surface area (TPSA) is 105 Å². The molecule has 0 spiro atoms. The number of nitrogens with one attached hydrogen (secondary N) is 2. The first kappa shape index (κ1) is 22.3. The van der Waals surface area contributed by atoms with Gasteiger partial charge in [-0.1, -0.05) is 35.4 Å². The molecule has 0 aromatic heterocycles. The van der Waals surface area contributed by atoms with Crippen LogP contribution in [0.2, 0.25) is 5.02 Å². The summed E-state index contributed by atoms with van der Waals surface area (Å²) in [6.45, 7) is 3.14. The SMILES string of the molecule is Cc1cccc(C(=O)NN2C[C@@H](C(=O)OCC(=O)Nc3cc(Cl)ccc3C)CC2=O)c1. The van der Waals surface area contributed by atoms with Crippen LogP contribution in [0.5, 0.6) is 0 Å². The van der Waals surface area contributed by atoms with E-state index in [0.717, 1.165) is 16.1 Å². The van der Waals surface area contributed by atoms with Crippen molar-refractivity contribution in [1.29, 1.82) is 0 Å². The average Bonchev–Trinajstić information content (AvgIpc) is 3.09. The van der Waals surface area contributed by atoms with E-state index in [-0.39, 0.29) is 13.0 Å². The third-order valence-corrected chi connectivity index (χ3v) is 5.03. The van der Waals surface area contributed by atoms with Gasteiger partial charge in [0.15, 0.2) is 6.61 Å². The first-order valence-corrected chi connectivity index (χ1v) is 10.0. The van der Waals surface area contributed by atoms with Gasteiger partial charge in [0.05, 0.1) is 12.5 Å². The third kappa shape index (κ3) is 5.82. The fraction of sp³-hybridized carbons (Fsp3) is 0.273. The molecular weight excluding hydrogens is 422 g/mol. The Labute approximate surface area is 184 Å². The van der Waals surface area contributed by atoms with Crippen molar-refractivity contribution in [3.63, 3.8) is 0 Å². The van der Waals surface area contributed by atoms with E-state index in [2.05, 4.69) is 10.7 Å². The zero-order chi connectivity index (χ0) is 22.5. The van der Waals surface area contributed by atoms with Gasteiger partial charge < -0.3 is 10.1 Å². The molecule has 1 atom stereocenters. The standard InChI is InChI=1S/C22H22ClN3O5/c1-13-4-3-5-15(8-13)21(29)25-26-11-16(9-20(26)28)22(30)31-12-19(27)24-18-10-17(23)7-6-14(18)2/h3-8,10,16H,9,11-12H2,1-2H3,(H,24,27)(H,25,29)/t16-/m0/s1. The number of halogens is 1. The minimum absolute atomic E-state index is 0.0236. The summed E-state index contributed by atoms with van der Waals surface area (Å²) in [4.78, 5) is 48.9. The quantitative estimate of drug-likeness (QED) is 0.668. The molecule has 1 aliphatic rings. The number of carbonyl (C=O) groups is 4. The molecule has 1 saturated heterocycles. The molecule has 2 aromatic rings. The Morgan fingerprint density at radius 2 is 1.94 bits per heavy atom. The van der Waals surface area contributed by atoms with Crippen LogP contribution in [0.3, 0.4) is 0 Å². The number of hydrazine groups is 1. The number of benzene rings is 2. The molecule has 0 saturated carbocycles. The number of hydrogen-bond donors (Lipinski definition) is 2. The van der Waals surface area contributed by atoms with Gasteiger partial charge in [0, 0.05) is 22.7 Å². The van der Waals surface area contributed by atoms with E-state index in [0.29, 0.717) is 16.3 Å². The number of esters is 1. The van der Waals surface area contributed by atoms with Crippen molar-refractivity contribution in [2.24, 2.45) is 5.92 Å². The van der Waals surface area contributed by atoms with Crippen LogP contribution in [0, 0.1) is 19.8 Å². The Morgan fingerprint density at radius 3 is 2.68 bits per heavy atom. The molecule has 0 unspecified atom stereocenters. The van der Waals surface area contributed by atoms with E-state index in [4.69, 9.17) is 16.3 Å². The second kappa shape index (κ2) is 9.61. The van der Waals surface area contributed by atoms with Gasteiger partial charge in [-0.3, -0.25) is 29.6 Å². The van der Waals surface area contributed by atoms with Crippen molar-refractivity contribution in [1.82, 2.24) is 10.4 Å². The van der Waals surface area contributed by atoms with Crippen molar-refractivity contribution >= 4 is 41.0 Å². The number of rotatable bonds is 6. The fourth-order valence-electron chi connectivity index (χ4n) is 3.12. The van der Waals surface area contributed by atoms with Crippen LogP contribution in [-0.2, 0) is 19.1 Å². The maximum absolute atomic E-state index is 12.3. The van der Waals surface area contributed by atoms with Gasteiger partial charge >= 0.3 is 5.97 Å². The minimum atomic E-state index is -0.772. The summed E-state index contributed by atoms with van der Waals surface area (Å²) in [6.07, 6.45) is -0.109. The highest BCUT2D eigenvalue weighted by Crippen LogP contribution is 2.21. The monoisotopic (exact) mass is 443 g/mol. The molecule has 0 radical (unpaired) electrons. The van der Waals surface area contributed by atoms with Gasteiger partial charge in [0.1, 0.15) is 0 Å². The predicted octanol–water partition coefficient (Wildman–Crippen LogP) is 2.63. The van der Waals surface area contributed by atoms with Gasteiger partial charge in [-0.05, 0) is 43.7 Å². The van der Waals surface area contributed by atoms with Crippen LogP contribution in [0.15, 0.2) is 42.5 Å². The highest BCUT2D eigenvalue weighted by molar-refractivity contribution is 6.31. The largest absolute Gasteiger partial charge is 0.455 e. The Balaban J connectivity index is 1.50. The van der Waals surface area contributed by atoms with E-state index in [1.807, 2.05) is 19.9 Å². The Bertz CT molecular complexity index is 1040. The number of hydrogen-bond acceptors (Lipinski definition) is 5. The number of ether oxygens (including phenoxy) is 1.